The highest BCUT2D eigenvalue weighted by molar-refractivity contribution is 7.91. The van der Waals surface area contributed by atoms with Gasteiger partial charge in [0.2, 0.25) is 0 Å². The molecule has 15 heteroatoms. The molecule has 1 saturated heterocycles. The Morgan fingerprint density at radius 1 is 1.15 bits per heavy atom. The number of ether oxygens (including phenoxy) is 1. The van der Waals surface area contributed by atoms with Crippen LogP contribution in [-0.2, 0) is 22.9 Å². The van der Waals surface area contributed by atoms with Crippen LogP contribution in [0.2, 0.25) is 10.0 Å². The third-order valence-corrected chi connectivity index (χ3v) is 9.64. The van der Waals surface area contributed by atoms with Crippen molar-refractivity contribution >= 4 is 43.9 Å². The van der Waals surface area contributed by atoms with Crippen molar-refractivity contribution in [2.45, 2.75) is 50.2 Å². The van der Waals surface area contributed by atoms with Crippen LogP contribution in [0.3, 0.4) is 0 Å². The van der Waals surface area contributed by atoms with E-state index in [4.69, 9.17) is 23.2 Å². The van der Waals surface area contributed by atoms with E-state index in [0.717, 1.165) is 18.9 Å². The molecule has 0 aliphatic carbocycles. The summed E-state index contributed by atoms with van der Waals surface area (Å²) in [7, 11) is 0.0946. The quantitative estimate of drug-likeness (QED) is 0.394. The van der Waals surface area contributed by atoms with E-state index < -0.39 is 39.7 Å². The number of hydrogen-bond donors (Lipinski definition) is 1. The molecule has 1 aromatic heterocycles. The largest absolute Gasteiger partial charge is 0.573 e. The topological polar surface area (TPSA) is 105 Å². The Kier molecular flexibility index (Phi) is 9.15. The molecular formula is C26H29Cl2F3N4O5S. The Morgan fingerprint density at radius 3 is 2.49 bits per heavy atom. The minimum atomic E-state index is -5.08. The standard InChI is InChI=1S/C26H29Cl2F3N4O5S/c1-4-41(38,39)21-8-7-16(27)10-15(21)12-35-24(36)18-11-20(40-26(29,30)31)19(22(28)23(18)32-25(35)37)14-34-9-5-6-17(13-34)33(2)3/h7-8,10-11,17H,4-6,9,12-14H2,1-3H3,(H,32,37)/t17-/m1/s1. The van der Waals surface area contributed by atoms with E-state index in [1.54, 1.807) is 0 Å². The van der Waals surface area contributed by atoms with E-state index in [-0.39, 0.29) is 55.3 Å². The summed E-state index contributed by atoms with van der Waals surface area (Å²) in [6.45, 7) is 2.12. The van der Waals surface area contributed by atoms with Gasteiger partial charge >= 0.3 is 12.1 Å². The molecule has 0 saturated carbocycles. The highest BCUT2D eigenvalue weighted by Gasteiger charge is 2.34. The van der Waals surface area contributed by atoms with Crippen molar-refractivity contribution in [1.82, 2.24) is 19.4 Å². The fourth-order valence-electron chi connectivity index (χ4n) is 5.00. The Labute approximate surface area is 244 Å². The average Bonchev–Trinajstić information content (AvgIpc) is 2.89. The molecule has 2 aromatic carbocycles. The van der Waals surface area contributed by atoms with Gasteiger partial charge in [-0.3, -0.25) is 14.3 Å². The van der Waals surface area contributed by atoms with Crippen LogP contribution in [-0.4, -0.2) is 73.1 Å². The number of likely N-dealkylation sites (N-methyl/N-ethyl adjacent to an activating group) is 1. The van der Waals surface area contributed by atoms with Crippen molar-refractivity contribution in [3.05, 3.63) is 66.3 Å². The van der Waals surface area contributed by atoms with E-state index >= 15 is 0 Å². The average molecular weight is 638 g/mol. The Bertz CT molecular complexity index is 1690. The van der Waals surface area contributed by atoms with E-state index in [1.807, 2.05) is 23.9 Å². The third-order valence-electron chi connectivity index (χ3n) is 7.16. The van der Waals surface area contributed by atoms with E-state index in [2.05, 4.69) is 9.72 Å². The maximum Gasteiger partial charge on any atom is 0.573 e. The number of likely N-dealkylation sites (tertiary alicyclic amines) is 1. The summed E-state index contributed by atoms with van der Waals surface area (Å²) in [6, 6.07) is 5.06. The van der Waals surface area contributed by atoms with Gasteiger partial charge in [-0.1, -0.05) is 30.1 Å². The molecule has 9 nitrogen and oxygen atoms in total. The molecule has 0 bridgehead atoms. The molecule has 1 aliphatic rings. The summed E-state index contributed by atoms with van der Waals surface area (Å²) in [5.41, 5.74) is -1.99. The van der Waals surface area contributed by atoms with Gasteiger partial charge in [-0.15, -0.1) is 13.2 Å². The number of benzene rings is 2. The number of aromatic amines is 1. The predicted octanol–water partition coefficient (Wildman–Crippen LogP) is 4.26. The zero-order valence-corrected chi connectivity index (χ0v) is 24.8. The highest BCUT2D eigenvalue weighted by Crippen LogP contribution is 2.37. The van der Waals surface area contributed by atoms with Gasteiger partial charge in [-0.2, -0.15) is 0 Å². The lowest BCUT2D eigenvalue weighted by Gasteiger charge is -2.36. The van der Waals surface area contributed by atoms with Crippen LogP contribution >= 0.6 is 23.2 Å². The number of nitrogens with zero attached hydrogens (tertiary/aromatic N) is 3. The van der Waals surface area contributed by atoms with Crippen LogP contribution < -0.4 is 16.0 Å². The smallest absolute Gasteiger partial charge is 0.405 e. The number of aromatic nitrogens is 2. The van der Waals surface area contributed by atoms with Gasteiger partial charge in [0.25, 0.3) is 5.56 Å². The van der Waals surface area contributed by atoms with Crippen molar-refractivity contribution in [2.24, 2.45) is 0 Å². The van der Waals surface area contributed by atoms with Crippen molar-refractivity contribution in [3.8, 4) is 5.75 Å². The monoisotopic (exact) mass is 636 g/mol. The number of rotatable bonds is 8. The first-order chi connectivity index (χ1) is 19.1. The van der Waals surface area contributed by atoms with Crippen LogP contribution in [0.5, 0.6) is 5.75 Å². The van der Waals surface area contributed by atoms with Gasteiger partial charge in [0, 0.05) is 29.7 Å². The fourth-order valence-corrected chi connectivity index (χ4v) is 6.60. The molecule has 1 aliphatic heterocycles. The molecule has 4 rings (SSSR count). The number of hydrogen-bond acceptors (Lipinski definition) is 7. The summed E-state index contributed by atoms with van der Waals surface area (Å²) >= 11 is 12.6. The lowest BCUT2D eigenvalue weighted by atomic mass is 10.0. The van der Waals surface area contributed by atoms with Gasteiger partial charge in [0.15, 0.2) is 9.84 Å². The third kappa shape index (κ3) is 6.91. The van der Waals surface area contributed by atoms with Crippen LogP contribution in [0.1, 0.15) is 30.9 Å². The van der Waals surface area contributed by atoms with Crippen LogP contribution in [0.15, 0.2) is 38.8 Å². The van der Waals surface area contributed by atoms with E-state index in [9.17, 15) is 31.2 Å². The summed E-state index contributed by atoms with van der Waals surface area (Å²) in [4.78, 5) is 33.0. The molecule has 1 fully saturated rings. The molecule has 0 spiro atoms. The minimum Gasteiger partial charge on any atom is -0.405 e. The van der Waals surface area contributed by atoms with E-state index in [0.29, 0.717) is 17.7 Å². The Morgan fingerprint density at radius 2 is 1.85 bits per heavy atom. The SMILES string of the molecule is CCS(=O)(=O)c1ccc(Cl)cc1Cn1c(=O)[nH]c2c(Cl)c(CN3CCC[C@@H](N(C)C)C3)c(OC(F)(F)F)cc2c1=O. The molecule has 3 aromatic rings. The van der Waals surface area contributed by atoms with E-state index in [1.165, 1.54) is 25.1 Å². The maximum atomic E-state index is 13.5. The van der Waals surface area contributed by atoms with Crippen LogP contribution in [0.25, 0.3) is 10.9 Å². The molecule has 2 heterocycles. The second-order valence-corrected chi connectivity index (χ2v) is 13.2. The highest BCUT2D eigenvalue weighted by atomic mass is 35.5. The molecule has 0 amide bonds. The second-order valence-electron chi connectivity index (χ2n) is 10.1. The normalized spacial score (nSPS) is 17.0. The maximum absolute atomic E-state index is 13.5. The van der Waals surface area contributed by atoms with Gasteiger partial charge < -0.3 is 14.6 Å². The minimum absolute atomic E-state index is 0.00358. The number of sulfone groups is 1. The first-order valence-electron chi connectivity index (χ1n) is 12.7. The molecule has 41 heavy (non-hydrogen) atoms. The predicted molar refractivity (Wildman–Crippen MR) is 151 cm³/mol. The van der Waals surface area contributed by atoms with Gasteiger partial charge in [0.05, 0.1) is 33.1 Å². The number of piperidine rings is 1. The first kappa shape index (κ1) is 31.4. The number of halogens is 5. The molecule has 0 unspecified atom stereocenters. The first-order valence-corrected chi connectivity index (χ1v) is 15.2. The number of H-pyrrole nitrogens is 1. The van der Waals surface area contributed by atoms with Crippen LogP contribution in [0, 0.1) is 0 Å². The van der Waals surface area contributed by atoms with Crippen molar-refractivity contribution in [3.63, 3.8) is 0 Å². The molecule has 1 N–H and O–H groups in total. The zero-order valence-electron chi connectivity index (χ0n) is 22.5. The molecule has 224 valence electrons. The molecule has 0 radical (unpaired) electrons. The van der Waals surface area contributed by atoms with Gasteiger partial charge in [-0.05, 0) is 63.3 Å². The number of nitrogens with one attached hydrogen (secondary N) is 1. The number of alkyl halides is 3. The Hall–Kier alpha value is -2.58. The van der Waals surface area contributed by atoms with Crippen molar-refractivity contribution < 1.29 is 26.3 Å². The second kappa shape index (κ2) is 12.0. The Balaban J connectivity index is 1.86. The number of fused-ring (bicyclic) bond motifs is 1. The van der Waals surface area contributed by atoms with Gasteiger partial charge in [0.1, 0.15) is 5.75 Å². The summed E-state index contributed by atoms with van der Waals surface area (Å²) < 4.78 is 70.6. The summed E-state index contributed by atoms with van der Waals surface area (Å²) in [5, 5.41) is -0.403. The summed E-state index contributed by atoms with van der Waals surface area (Å²) in [5.74, 6) is -0.900. The molecule has 1 atom stereocenters. The zero-order chi connectivity index (χ0) is 30.3. The van der Waals surface area contributed by atoms with Crippen molar-refractivity contribution in [1.29, 1.82) is 0 Å². The fraction of sp³-hybridized carbons (Fsp3) is 0.462. The van der Waals surface area contributed by atoms with Gasteiger partial charge in [-0.25, -0.2) is 13.2 Å². The summed E-state index contributed by atoms with van der Waals surface area (Å²) in [6.07, 6.45) is -3.32. The molecular weight excluding hydrogens is 608 g/mol. The van der Waals surface area contributed by atoms with Crippen LogP contribution in [0.4, 0.5) is 13.2 Å². The lowest BCUT2D eigenvalue weighted by molar-refractivity contribution is -0.274. The lowest BCUT2D eigenvalue weighted by Crippen LogP contribution is -2.44. The van der Waals surface area contributed by atoms with Crippen molar-refractivity contribution in [2.75, 3.05) is 32.9 Å².